The van der Waals surface area contributed by atoms with Crippen LogP contribution in [0.2, 0.25) is 0 Å². The number of nitrogen functional groups attached to an aromatic ring is 1. The zero-order chi connectivity index (χ0) is 14.5. The van der Waals surface area contributed by atoms with Crippen molar-refractivity contribution in [2.45, 2.75) is 13.8 Å². The Kier molecular flexibility index (Phi) is 4.24. The van der Waals surface area contributed by atoms with E-state index in [0.717, 1.165) is 24.5 Å². The van der Waals surface area contributed by atoms with Crippen LogP contribution in [0, 0.1) is 0 Å². The van der Waals surface area contributed by atoms with Crippen molar-refractivity contribution in [1.29, 1.82) is 0 Å². The fourth-order valence-corrected chi connectivity index (χ4v) is 2.02. The van der Waals surface area contributed by atoms with Gasteiger partial charge >= 0.3 is 0 Å². The van der Waals surface area contributed by atoms with Crippen molar-refractivity contribution in [2.75, 3.05) is 29.0 Å². The Morgan fingerprint density at radius 3 is 2.45 bits per heavy atom. The summed E-state index contributed by atoms with van der Waals surface area (Å²) < 4.78 is 0. The molecule has 6 nitrogen and oxygen atoms in total. The van der Waals surface area contributed by atoms with Gasteiger partial charge in [-0.2, -0.15) is 5.10 Å². The van der Waals surface area contributed by atoms with Gasteiger partial charge in [0.25, 0.3) is 5.91 Å². The molecule has 0 saturated heterocycles. The van der Waals surface area contributed by atoms with Gasteiger partial charge in [-0.1, -0.05) is 0 Å². The molecule has 0 atom stereocenters. The van der Waals surface area contributed by atoms with E-state index < -0.39 is 0 Å². The fourth-order valence-electron chi connectivity index (χ4n) is 2.02. The minimum Gasteiger partial charge on any atom is -0.396 e. The number of rotatable bonds is 5. The van der Waals surface area contributed by atoms with Crippen LogP contribution in [0.5, 0.6) is 0 Å². The lowest BCUT2D eigenvalue weighted by molar-refractivity contribution is 0.102. The number of benzene rings is 1. The quantitative estimate of drug-likeness (QED) is 0.778. The predicted molar refractivity (Wildman–Crippen MR) is 81.0 cm³/mol. The van der Waals surface area contributed by atoms with Gasteiger partial charge in [0.1, 0.15) is 5.69 Å². The zero-order valence-corrected chi connectivity index (χ0v) is 11.7. The Bertz CT molecular complexity index is 572. The second-order valence-electron chi connectivity index (χ2n) is 4.37. The molecule has 4 N–H and O–H groups in total. The highest BCUT2D eigenvalue weighted by Crippen LogP contribution is 2.18. The maximum atomic E-state index is 12.0. The monoisotopic (exact) mass is 273 g/mol. The number of hydrogen-bond acceptors (Lipinski definition) is 4. The Balaban J connectivity index is 2.08. The first-order valence-corrected chi connectivity index (χ1v) is 6.60. The number of hydrogen-bond donors (Lipinski definition) is 3. The van der Waals surface area contributed by atoms with Crippen LogP contribution in [-0.2, 0) is 0 Å². The Morgan fingerprint density at radius 1 is 1.30 bits per heavy atom. The van der Waals surface area contributed by atoms with E-state index in [9.17, 15) is 4.79 Å². The van der Waals surface area contributed by atoms with Gasteiger partial charge in [0.15, 0.2) is 0 Å². The highest BCUT2D eigenvalue weighted by molar-refractivity contribution is 6.06. The molecule has 2 rings (SSSR count). The third-order valence-corrected chi connectivity index (χ3v) is 3.15. The van der Waals surface area contributed by atoms with E-state index >= 15 is 0 Å². The number of nitrogens with zero attached hydrogens (tertiary/aromatic N) is 2. The van der Waals surface area contributed by atoms with Gasteiger partial charge in [-0.15, -0.1) is 0 Å². The number of anilines is 3. The van der Waals surface area contributed by atoms with E-state index in [1.165, 1.54) is 6.20 Å². The van der Waals surface area contributed by atoms with Gasteiger partial charge in [0, 0.05) is 24.5 Å². The molecule has 1 aromatic heterocycles. The van der Waals surface area contributed by atoms with Crippen LogP contribution in [0.4, 0.5) is 17.1 Å². The molecule has 0 aliphatic heterocycles. The lowest BCUT2D eigenvalue weighted by Crippen LogP contribution is -2.21. The summed E-state index contributed by atoms with van der Waals surface area (Å²) in [6.45, 7) is 6.13. The van der Waals surface area contributed by atoms with Gasteiger partial charge in [-0.05, 0) is 38.1 Å². The molecule has 0 spiro atoms. The van der Waals surface area contributed by atoms with E-state index in [0.29, 0.717) is 5.69 Å². The van der Waals surface area contributed by atoms with E-state index in [1.54, 1.807) is 0 Å². The van der Waals surface area contributed by atoms with E-state index in [1.807, 2.05) is 24.3 Å². The highest BCUT2D eigenvalue weighted by Gasteiger charge is 2.11. The van der Waals surface area contributed by atoms with Gasteiger partial charge in [0.05, 0.1) is 11.9 Å². The average molecular weight is 273 g/mol. The summed E-state index contributed by atoms with van der Waals surface area (Å²) in [5.41, 5.74) is 8.10. The van der Waals surface area contributed by atoms with Crippen molar-refractivity contribution in [2.24, 2.45) is 0 Å². The van der Waals surface area contributed by atoms with Crippen LogP contribution in [0.15, 0.2) is 30.5 Å². The van der Waals surface area contributed by atoms with E-state index in [-0.39, 0.29) is 11.6 Å². The Hall–Kier alpha value is -2.50. The summed E-state index contributed by atoms with van der Waals surface area (Å²) in [5, 5.41) is 9.08. The molecular weight excluding hydrogens is 254 g/mol. The lowest BCUT2D eigenvalue weighted by atomic mass is 10.2. The summed E-state index contributed by atoms with van der Waals surface area (Å²) >= 11 is 0. The second kappa shape index (κ2) is 6.10. The van der Waals surface area contributed by atoms with Crippen LogP contribution in [0.1, 0.15) is 24.3 Å². The average Bonchev–Trinajstić information content (AvgIpc) is 2.88. The Labute approximate surface area is 118 Å². The van der Waals surface area contributed by atoms with Crippen molar-refractivity contribution < 1.29 is 4.79 Å². The first-order valence-electron chi connectivity index (χ1n) is 6.60. The SMILES string of the molecule is CCN(CC)c1ccc(NC(=O)c2[nH]ncc2N)cc1. The van der Waals surface area contributed by atoms with Gasteiger partial charge in [-0.3, -0.25) is 9.89 Å². The van der Waals surface area contributed by atoms with Crippen molar-refractivity contribution in [3.05, 3.63) is 36.2 Å². The molecule has 0 saturated carbocycles. The van der Waals surface area contributed by atoms with Gasteiger partial charge < -0.3 is 16.0 Å². The molecule has 20 heavy (non-hydrogen) atoms. The van der Waals surface area contributed by atoms with Crippen LogP contribution < -0.4 is 16.0 Å². The number of nitrogens with one attached hydrogen (secondary N) is 2. The van der Waals surface area contributed by atoms with E-state index in [2.05, 4.69) is 34.3 Å². The normalized spacial score (nSPS) is 10.3. The third kappa shape index (κ3) is 2.90. The van der Waals surface area contributed by atoms with Gasteiger partial charge in [0.2, 0.25) is 0 Å². The van der Waals surface area contributed by atoms with Crippen molar-refractivity contribution >= 4 is 23.0 Å². The summed E-state index contributed by atoms with van der Waals surface area (Å²) in [5.74, 6) is -0.296. The summed E-state index contributed by atoms with van der Waals surface area (Å²) in [6.07, 6.45) is 1.42. The number of carbonyl (C=O) groups is 1. The fraction of sp³-hybridized carbons (Fsp3) is 0.286. The topological polar surface area (TPSA) is 87.0 Å². The van der Waals surface area contributed by atoms with Crippen LogP contribution in [0.3, 0.4) is 0 Å². The maximum Gasteiger partial charge on any atom is 0.275 e. The summed E-state index contributed by atoms with van der Waals surface area (Å²) in [7, 11) is 0. The molecule has 1 heterocycles. The minimum atomic E-state index is -0.296. The first kappa shape index (κ1) is 13.9. The van der Waals surface area contributed by atoms with Crippen molar-refractivity contribution in [3.63, 3.8) is 0 Å². The molecule has 0 unspecified atom stereocenters. The molecule has 0 bridgehead atoms. The summed E-state index contributed by atoms with van der Waals surface area (Å²) in [4.78, 5) is 14.2. The minimum absolute atomic E-state index is 0.276. The zero-order valence-electron chi connectivity index (χ0n) is 11.7. The van der Waals surface area contributed by atoms with Crippen LogP contribution in [-0.4, -0.2) is 29.2 Å². The number of aromatic amines is 1. The number of nitrogens with two attached hydrogens (primary N) is 1. The predicted octanol–water partition coefficient (Wildman–Crippen LogP) is 2.09. The molecule has 0 radical (unpaired) electrons. The molecule has 0 aliphatic rings. The van der Waals surface area contributed by atoms with Crippen molar-refractivity contribution in [3.8, 4) is 0 Å². The van der Waals surface area contributed by atoms with Gasteiger partial charge in [-0.25, -0.2) is 0 Å². The molecule has 1 amide bonds. The number of carbonyl (C=O) groups excluding carboxylic acids is 1. The molecule has 1 aromatic carbocycles. The Morgan fingerprint density at radius 2 is 1.95 bits per heavy atom. The second-order valence-corrected chi connectivity index (χ2v) is 4.37. The third-order valence-electron chi connectivity index (χ3n) is 3.15. The smallest absolute Gasteiger partial charge is 0.275 e. The number of amides is 1. The molecule has 106 valence electrons. The standard InChI is InChI=1S/C14H19N5O/c1-3-19(4-2)11-7-5-10(6-8-11)17-14(20)13-12(15)9-16-18-13/h5-9H,3-4,15H2,1-2H3,(H,16,18)(H,17,20). The molecular formula is C14H19N5O. The van der Waals surface area contributed by atoms with Crippen LogP contribution in [0.25, 0.3) is 0 Å². The number of H-pyrrole nitrogens is 1. The van der Waals surface area contributed by atoms with E-state index in [4.69, 9.17) is 5.73 Å². The molecule has 6 heteroatoms. The molecule has 2 aromatic rings. The number of aromatic nitrogens is 2. The highest BCUT2D eigenvalue weighted by atomic mass is 16.1. The lowest BCUT2D eigenvalue weighted by Gasteiger charge is -2.21. The molecule has 0 fully saturated rings. The summed E-state index contributed by atoms with van der Waals surface area (Å²) in [6, 6.07) is 7.72. The van der Waals surface area contributed by atoms with Crippen LogP contribution >= 0.6 is 0 Å². The maximum absolute atomic E-state index is 12.0. The van der Waals surface area contributed by atoms with Crippen molar-refractivity contribution in [1.82, 2.24) is 10.2 Å². The largest absolute Gasteiger partial charge is 0.396 e. The molecule has 0 aliphatic carbocycles. The first-order chi connectivity index (χ1) is 9.65.